The average molecular weight is 419 g/mol. The van der Waals surface area contributed by atoms with Crippen LogP contribution in [0.25, 0.3) is 11.0 Å². The second-order valence-corrected chi connectivity index (χ2v) is 9.06. The van der Waals surface area contributed by atoms with Gasteiger partial charge in [-0.1, -0.05) is 29.8 Å². The van der Waals surface area contributed by atoms with Crippen LogP contribution in [0.15, 0.2) is 53.4 Å². The molecule has 3 rings (SSSR count). The van der Waals surface area contributed by atoms with Gasteiger partial charge in [0.25, 0.3) is 0 Å². The smallest absolute Gasteiger partial charge is 0.244 e. The van der Waals surface area contributed by atoms with E-state index in [1.807, 2.05) is 37.4 Å². The van der Waals surface area contributed by atoms with Gasteiger partial charge in [-0.3, -0.25) is 10.1 Å². The third kappa shape index (κ3) is 4.92. The maximum Gasteiger partial charge on any atom is 0.244 e. The summed E-state index contributed by atoms with van der Waals surface area (Å²) in [6.45, 7) is 1.88. The van der Waals surface area contributed by atoms with E-state index >= 15 is 0 Å². The number of amides is 1. The lowest BCUT2D eigenvalue weighted by molar-refractivity contribution is -0.117. The lowest BCUT2D eigenvalue weighted by atomic mass is 10.2. The number of benzene rings is 2. The van der Waals surface area contributed by atoms with Gasteiger partial charge in [0.1, 0.15) is 6.04 Å². The highest BCUT2D eigenvalue weighted by Crippen LogP contribution is 2.15. The number of aryl methyl sites for hydroxylation is 1. The fourth-order valence-electron chi connectivity index (χ4n) is 2.67. The Morgan fingerprint density at radius 2 is 1.89 bits per heavy atom. The summed E-state index contributed by atoms with van der Waals surface area (Å²) in [4.78, 5) is 20.2. The molecule has 0 unspecified atom stereocenters. The van der Waals surface area contributed by atoms with Gasteiger partial charge in [0.15, 0.2) is 0 Å². The fraction of sp³-hybridized carbons (Fsp3) is 0.263. The number of thioether (sulfide) groups is 1. The number of carbonyl (C=O) groups is 1. The predicted octanol–water partition coefficient (Wildman–Crippen LogP) is 2.91. The molecule has 1 atom stereocenters. The van der Waals surface area contributed by atoms with Gasteiger partial charge >= 0.3 is 0 Å². The van der Waals surface area contributed by atoms with Crippen molar-refractivity contribution in [1.29, 1.82) is 0 Å². The molecule has 0 aliphatic heterocycles. The third-order valence-corrected chi connectivity index (χ3v) is 6.32. The van der Waals surface area contributed by atoms with Crippen molar-refractivity contribution in [2.75, 3.05) is 17.3 Å². The number of carbonyl (C=O) groups excluding carboxylic acids is 1. The SMILES string of the molecule is CSCC[C@@H](NS(=O)(=O)c1ccc(C)cc1)C(=O)Nc1nc2ccccc2[nH]1. The number of nitrogens with one attached hydrogen (secondary N) is 3. The standard InChI is InChI=1S/C19H22N4O3S2/c1-13-7-9-14(10-8-13)28(25,26)23-17(11-12-27-2)18(24)22-19-20-15-5-3-4-6-16(15)21-19/h3-10,17,23H,11-12H2,1-2H3,(H2,20,21,22,24)/t17-/m1/s1. The Morgan fingerprint density at radius 1 is 1.18 bits per heavy atom. The van der Waals surface area contributed by atoms with Gasteiger partial charge in [0, 0.05) is 0 Å². The van der Waals surface area contributed by atoms with E-state index in [0.29, 0.717) is 12.2 Å². The van der Waals surface area contributed by atoms with E-state index < -0.39 is 22.0 Å². The Bertz CT molecular complexity index is 1030. The van der Waals surface area contributed by atoms with Crippen molar-refractivity contribution < 1.29 is 13.2 Å². The molecule has 0 aliphatic carbocycles. The number of fused-ring (bicyclic) bond motifs is 1. The monoisotopic (exact) mass is 418 g/mol. The van der Waals surface area contributed by atoms with E-state index in [9.17, 15) is 13.2 Å². The number of aromatic nitrogens is 2. The van der Waals surface area contributed by atoms with Gasteiger partial charge in [-0.2, -0.15) is 16.5 Å². The largest absolute Gasteiger partial charge is 0.324 e. The van der Waals surface area contributed by atoms with Crippen molar-refractivity contribution in [3.8, 4) is 0 Å². The van der Waals surface area contributed by atoms with Crippen LogP contribution in [-0.2, 0) is 14.8 Å². The Morgan fingerprint density at radius 3 is 2.57 bits per heavy atom. The maximum absolute atomic E-state index is 12.8. The molecule has 148 valence electrons. The van der Waals surface area contributed by atoms with Crippen molar-refractivity contribution in [3.05, 3.63) is 54.1 Å². The summed E-state index contributed by atoms with van der Waals surface area (Å²) >= 11 is 1.54. The first-order valence-electron chi connectivity index (χ1n) is 8.72. The van der Waals surface area contributed by atoms with Crippen LogP contribution in [0.1, 0.15) is 12.0 Å². The lowest BCUT2D eigenvalue weighted by Gasteiger charge is -2.17. The molecular formula is C19H22N4O3S2. The lowest BCUT2D eigenvalue weighted by Crippen LogP contribution is -2.44. The molecule has 0 saturated heterocycles. The summed E-state index contributed by atoms with van der Waals surface area (Å²) in [5.74, 6) is 0.466. The highest BCUT2D eigenvalue weighted by Gasteiger charge is 2.26. The molecule has 9 heteroatoms. The summed E-state index contributed by atoms with van der Waals surface area (Å²) in [6.07, 6.45) is 2.26. The van der Waals surface area contributed by atoms with Crippen molar-refractivity contribution >= 4 is 44.7 Å². The summed E-state index contributed by atoms with van der Waals surface area (Å²) in [7, 11) is -3.82. The van der Waals surface area contributed by atoms with E-state index in [1.54, 1.807) is 23.9 Å². The number of sulfonamides is 1. The molecule has 0 radical (unpaired) electrons. The highest BCUT2D eigenvalue weighted by molar-refractivity contribution is 7.98. The zero-order valence-corrected chi connectivity index (χ0v) is 17.2. The van der Waals surface area contributed by atoms with Crippen molar-refractivity contribution in [2.45, 2.75) is 24.3 Å². The summed E-state index contributed by atoms with van der Waals surface area (Å²) < 4.78 is 27.9. The molecule has 0 spiro atoms. The number of hydrogen-bond donors (Lipinski definition) is 3. The zero-order valence-electron chi connectivity index (χ0n) is 15.6. The minimum absolute atomic E-state index is 0.129. The van der Waals surface area contributed by atoms with Gasteiger partial charge in [0.05, 0.1) is 15.9 Å². The number of rotatable bonds is 8. The molecule has 0 fully saturated rings. The molecular weight excluding hydrogens is 396 g/mol. The highest BCUT2D eigenvalue weighted by atomic mass is 32.2. The van der Waals surface area contributed by atoms with Gasteiger partial charge in [-0.15, -0.1) is 0 Å². The average Bonchev–Trinajstić information content (AvgIpc) is 3.07. The second kappa shape index (κ2) is 8.76. The Balaban J connectivity index is 1.78. The molecule has 1 heterocycles. The predicted molar refractivity (Wildman–Crippen MR) is 113 cm³/mol. The Labute approximate surface area is 168 Å². The number of para-hydroxylation sites is 2. The Kier molecular flexibility index (Phi) is 6.38. The molecule has 1 aromatic heterocycles. The number of anilines is 1. The first-order valence-corrected chi connectivity index (χ1v) is 11.6. The third-order valence-electron chi connectivity index (χ3n) is 4.19. The van der Waals surface area contributed by atoms with Gasteiger partial charge in [-0.05, 0) is 49.6 Å². The van der Waals surface area contributed by atoms with Crippen LogP contribution in [0, 0.1) is 6.92 Å². The second-order valence-electron chi connectivity index (χ2n) is 6.36. The molecule has 7 nitrogen and oxygen atoms in total. The zero-order chi connectivity index (χ0) is 20.1. The number of nitrogens with zero attached hydrogens (tertiary/aromatic N) is 1. The van der Waals surface area contributed by atoms with Crippen LogP contribution in [0.2, 0.25) is 0 Å². The van der Waals surface area contributed by atoms with E-state index in [-0.39, 0.29) is 10.8 Å². The number of aromatic amines is 1. The molecule has 0 bridgehead atoms. The summed E-state index contributed by atoms with van der Waals surface area (Å²) in [6, 6.07) is 13.0. The van der Waals surface area contributed by atoms with Crippen LogP contribution in [0.5, 0.6) is 0 Å². The molecule has 3 N–H and O–H groups in total. The Hall–Kier alpha value is -2.36. The normalized spacial score (nSPS) is 12.8. The van der Waals surface area contributed by atoms with Crippen LogP contribution >= 0.6 is 11.8 Å². The van der Waals surface area contributed by atoms with Gasteiger partial charge in [-0.25, -0.2) is 13.4 Å². The number of hydrogen-bond acceptors (Lipinski definition) is 5. The van der Waals surface area contributed by atoms with Crippen LogP contribution in [0.4, 0.5) is 5.95 Å². The topological polar surface area (TPSA) is 104 Å². The van der Waals surface area contributed by atoms with E-state index in [2.05, 4.69) is 20.0 Å². The van der Waals surface area contributed by atoms with Gasteiger partial charge < -0.3 is 4.98 Å². The maximum atomic E-state index is 12.8. The number of imidazole rings is 1. The first kappa shape index (κ1) is 20.4. The van der Waals surface area contributed by atoms with Crippen LogP contribution in [0.3, 0.4) is 0 Å². The van der Waals surface area contributed by atoms with Crippen LogP contribution < -0.4 is 10.0 Å². The minimum atomic E-state index is -3.82. The quantitative estimate of drug-likeness (QED) is 0.522. The molecule has 3 aromatic rings. The van der Waals surface area contributed by atoms with E-state index in [1.165, 1.54) is 12.1 Å². The van der Waals surface area contributed by atoms with E-state index in [4.69, 9.17) is 0 Å². The molecule has 0 aliphatic rings. The summed E-state index contributed by atoms with van der Waals surface area (Å²) in [5, 5.41) is 2.68. The number of H-pyrrole nitrogens is 1. The minimum Gasteiger partial charge on any atom is -0.324 e. The molecule has 2 aromatic carbocycles. The molecule has 28 heavy (non-hydrogen) atoms. The van der Waals surface area contributed by atoms with Gasteiger partial charge in [0.2, 0.25) is 21.9 Å². The van der Waals surface area contributed by atoms with Crippen LogP contribution in [-0.4, -0.2) is 42.3 Å². The van der Waals surface area contributed by atoms with E-state index in [0.717, 1.165) is 16.6 Å². The van der Waals surface area contributed by atoms with Crippen molar-refractivity contribution in [3.63, 3.8) is 0 Å². The summed E-state index contributed by atoms with van der Waals surface area (Å²) in [5.41, 5.74) is 2.47. The first-order chi connectivity index (χ1) is 13.4. The molecule has 0 saturated carbocycles. The fourth-order valence-corrected chi connectivity index (χ4v) is 4.37. The van der Waals surface area contributed by atoms with Crippen molar-refractivity contribution in [1.82, 2.24) is 14.7 Å². The molecule has 1 amide bonds. The van der Waals surface area contributed by atoms with Crippen molar-refractivity contribution in [2.24, 2.45) is 0 Å².